The molecule has 0 radical (unpaired) electrons. The summed E-state index contributed by atoms with van der Waals surface area (Å²) in [6, 6.07) is 14.2. The second-order valence-electron chi connectivity index (χ2n) is 5.26. The maximum atomic E-state index is 12.3. The molecule has 0 aliphatic carbocycles. The molecule has 1 atom stereocenters. The molecule has 0 spiro atoms. The first-order chi connectivity index (χ1) is 11.5. The van der Waals surface area contributed by atoms with Crippen LogP contribution in [0.5, 0.6) is 0 Å². The highest BCUT2D eigenvalue weighted by molar-refractivity contribution is 9.10. The Balaban J connectivity index is 1.78. The van der Waals surface area contributed by atoms with Gasteiger partial charge in [-0.05, 0) is 42.0 Å². The largest absolute Gasteiger partial charge is 0.296 e. The van der Waals surface area contributed by atoms with Crippen molar-refractivity contribution >= 4 is 49.6 Å². The molecule has 7 heteroatoms. The molecule has 0 aromatic heterocycles. The molecule has 0 saturated carbocycles. The normalized spacial score (nSPS) is 17.0. The number of amides is 2. The van der Waals surface area contributed by atoms with Crippen LogP contribution in [0.3, 0.4) is 0 Å². The van der Waals surface area contributed by atoms with E-state index in [0.29, 0.717) is 5.56 Å². The molecule has 2 N–H and O–H groups in total. The van der Waals surface area contributed by atoms with Crippen molar-refractivity contribution < 1.29 is 9.59 Å². The third-order valence-corrected chi connectivity index (χ3v) is 4.57. The fraction of sp³-hybridized carbons (Fsp3) is 0.118. The second-order valence-corrected chi connectivity index (χ2v) is 7.09. The summed E-state index contributed by atoms with van der Waals surface area (Å²) < 4.78 is 1.84. The fourth-order valence-corrected chi connectivity index (χ4v) is 2.84. The predicted octanol–water partition coefficient (Wildman–Crippen LogP) is 3.56. The molecule has 2 aromatic carbocycles. The van der Waals surface area contributed by atoms with Gasteiger partial charge in [-0.2, -0.15) is 0 Å². The zero-order valence-corrected chi connectivity index (χ0v) is 15.6. The van der Waals surface area contributed by atoms with Gasteiger partial charge in [-0.25, -0.2) is 4.99 Å². The summed E-state index contributed by atoms with van der Waals surface area (Å²) in [4.78, 5) is 28.6. The molecule has 0 fully saturated rings. The van der Waals surface area contributed by atoms with Crippen molar-refractivity contribution in [2.24, 2.45) is 4.99 Å². The summed E-state index contributed by atoms with van der Waals surface area (Å²) in [5, 5.41) is 5.25. The fourth-order valence-electron chi connectivity index (χ4n) is 2.31. The summed E-state index contributed by atoms with van der Waals surface area (Å²) in [6.07, 6.45) is 0.249. The molecule has 2 aromatic rings. The molecule has 1 aliphatic rings. The molecule has 1 aliphatic heterocycles. The van der Waals surface area contributed by atoms with Crippen LogP contribution >= 0.6 is 31.9 Å². The van der Waals surface area contributed by atoms with Gasteiger partial charge in [0.2, 0.25) is 11.9 Å². The van der Waals surface area contributed by atoms with E-state index in [1.807, 2.05) is 24.3 Å². The van der Waals surface area contributed by atoms with Gasteiger partial charge in [-0.1, -0.05) is 44.0 Å². The Hall–Kier alpha value is -1.99. The predicted molar refractivity (Wildman–Crippen MR) is 98.7 cm³/mol. The third-order valence-electron chi connectivity index (χ3n) is 3.51. The summed E-state index contributed by atoms with van der Waals surface area (Å²) >= 11 is 6.71. The summed E-state index contributed by atoms with van der Waals surface area (Å²) in [5.74, 6) is -0.325. The Bertz CT molecular complexity index is 802. The van der Waals surface area contributed by atoms with Crippen molar-refractivity contribution in [2.45, 2.75) is 12.5 Å². The first kappa shape index (κ1) is 16.9. The number of carbonyl (C=O) groups excluding carboxylic acids is 2. The summed E-state index contributed by atoms with van der Waals surface area (Å²) in [5.41, 5.74) is 1.41. The highest BCUT2D eigenvalue weighted by Gasteiger charge is 2.23. The van der Waals surface area contributed by atoms with Gasteiger partial charge in [0.15, 0.2) is 0 Å². The SMILES string of the molecule is O=C1CC(c2ccc(Br)cc2)N=C(NC(=O)c2ccc(Br)cc2)N1. The van der Waals surface area contributed by atoms with Crippen molar-refractivity contribution in [1.29, 1.82) is 0 Å². The van der Waals surface area contributed by atoms with E-state index in [1.165, 1.54) is 0 Å². The van der Waals surface area contributed by atoms with Crippen LogP contribution in [0.15, 0.2) is 62.5 Å². The number of aliphatic imine (C=N–C) groups is 1. The number of halogens is 2. The molecule has 122 valence electrons. The molecule has 0 bridgehead atoms. The van der Waals surface area contributed by atoms with Crippen LogP contribution in [-0.4, -0.2) is 17.8 Å². The van der Waals surface area contributed by atoms with Crippen LogP contribution in [0.4, 0.5) is 0 Å². The van der Waals surface area contributed by atoms with Gasteiger partial charge < -0.3 is 0 Å². The molecule has 24 heavy (non-hydrogen) atoms. The smallest absolute Gasteiger partial charge is 0.257 e. The van der Waals surface area contributed by atoms with Gasteiger partial charge in [0.1, 0.15) is 0 Å². The van der Waals surface area contributed by atoms with Gasteiger partial charge >= 0.3 is 0 Å². The maximum Gasteiger partial charge on any atom is 0.257 e. The number of hydrogen-bond acceptors (Lipinski definition) is 3. The second kappa shape index (κ2) is 7.27. The lowest BCUT2D eigenvalue weighted by atomic mass is 10.0. The van der Waals surface area contributed by atoms with Crippen LogP contribution in [0.25, 0.3) is 0 Å². The van der Waals surface area contributed by atoms with E-state index >= 15 is 0 Å². The van der Waals surface area contributed by atoms with E-state index in [9.17, 15) is 9.59 Å². The number of guanidine groups is 1. The van der Waals surface area contributed by atoms with Crippen LogP contribution in [-0.2, 0) is 4.79 Å². The van der Waals surface area contributed by atoms with Crippen molar-refractivity contribution in [3.63, 3.8) is 0 Å². The van der Waals surface area contributed by atoms with E-state index in [-0.39, 0.29) is 30.2 Å². The highest BCUT2D eigenvalue weighted by atomic mass is 79.9. The van der Waals surface area contributed by atoms with Gasteiger partial charge in [-0.15, -0.1) is 0 Å². The molecule has 1 unspecified atom stereocenters. The Kier molecular flexibility index (Phi) is 5.11. The topological polar surface area (TPSA) is 70.6 Å². The minimum Gasteiger partial charge on any atom is -0.296 e. The summed E-state index contributed by atoms with van der Waals surface area (Å²) in [7, 11) is 0. The first-order valence-electron chi connectivity index (χ1n) is 7.21. The first-order valence-corrected chi connectivity index (χ1v) is 8.80. The Morgan fingerprint density at radius 1 is 1.04 bits per heavy atom. The van der Waals surface area contributed by atoms with Gasteiger partial charge in [0.05, 0.1) is 12.5 Å². The van der Waals surface area contributed by atoms with Crippen molar-refractivity contribution in [3.8, 4) is 0 Å². The quantitative estimate of drug-likeness (QED) is 0.734. The van der Waals surface area contributed by atoms with Crippen LogP contribution in [0.1, 0.15) is 28.4 Å². The molecule has 2 amide bonds. The van der Waals surface area contributed by atoms with E-state index in [0.717, 1.165) is 14.5 Å². The summed E-state index contributed by atoms with van der Waals surface area (Å²) in [6.45, 7) is 0. The van der Waals surface area contributed by atoms with E-state index in [4.69, 9.17) is 0 Å². The Morgan fingerprint density at radius 3 is 2.25 bits per heavy atom. The van der Waals surface area contributed by atoms with Crippen LogP contribution < -0.4 is 10.6 Å². The van der Waals surface area contributed by atoms with Crippen molar-refractivity contribution in [1.82, 2.24) is 10.6 Å². The van der Waals surface area contributed by atoms with Crippen LogP contribution in [0, 0.1) is 0 Å². The third kappa shape index (κ3) is 4.10. The molecule has 1 heterocycles. The number of hydrogen-bond donors (Lipinski definition) is 2. The standard InChI is InChI=1S/C17H13Br2N3O2/c18-12-5-1-10(2-6-12)14-9-15(23)21-17(20-14)22-16(24)11-3-7-13(19)8-4-11/h1-8,14H,9H2,(H2,20,21,22,23,24). The molecule has 3 rings (SSSR count). The average Bonchev–Trinajstić information content (AvgIpc) is 2.55. The van der Waals surface area contributed by atoms with E-state index in [2.05, 4.69) is 47.5 Å². The zero-order valence-electron chi connectivity index (χ0n) is 12.4. The number of nitrogens with one attached hydrogen (secondary N) is 2. The Labute approximate surface area is 155 Å². The highest BCUT2D eigenvalue weighted by Crippen LogP contribution is 2.25. The number of nitrogens with zero attached hydrogens (tertiary/aromatic N) is 1. The Morgan fingerprint density at radius 2 is 1.62 bits per heavy atom. The molecule has 5 nitrogen and oxygen atoms in total. The van der Waals surface area contributed by atoms with Gasteiger partial charge in [-0.3, -0.25) is 20.2 Å². The van der Waals surface area contributed by atoms with E-state index < -0.39 is 0 Å². The minimum atomic E-state index is -0.321. The number of benzene rings is 2. The van der Waals surface area contributed by atoms with Crippen LogP contribution in [0.2, 0.25) is 0 Å². The molecular formula is C17H13Br2N3O2. The van der Waals surface area contributed by atoms with Crippen molar-refractivity contribution in [3.05, 3.63) is 68.6 Å². The maximum absolute atomic E-state index is 12.3. The van der Waals surface area contributed by atoms with Gasteiger partial charge in [0.25, 0.3) is 5.91 Å². The van der Waals surface area contributed by atoms with Gasteiger partial charge in [0, 0.05) is 14.5 Å². The zero-order chi connectivity index (χ0) is 17.1. The van der Waals surface area contributed by atoms with E-state index in [1.54, 1.807) is 24.3 Å². The number of carbonyl (C=O) groups is 2. The number of rotatable bonds is 2. The minimum absolute atomic E-state index is 0.173. The lowest BCUT2D eigenvalue weighted by molar-refractivity contribution is -0.120. The average molecular weight is 451 g/mol. The van der Waals surface area contributed by atoms with Crippen molar-refractivity contribution in [2.75, 3.05) is 0 Å². The molecule has 0 saturated heterocycles. The monoisotopic (exact) mass is 449 g/mol. The lowest BCUT2D eigenvalue weighted by Gasteiger charge is -2.21. The lowest BCUT2D eigenvalue weighted by Crippen LogP contribution is -2.47. The molecular weight excluding hydrogens is 438 g/mol.